The molecule has 2 N–H and O–H groups in total. The van der Waals surface area contributed by atoms with E-state index in [1.807, 2.05) is 0 Å². The van der Waals surface area contributed by atoms with Crippen molar-refractivity contribution in [2.75, 3.05) is 26.4 Å². The van der Waals surface area contributed by atoms with Crippen molar-refractivity contribution >= 4 is 5.91 Å². The average molecular weight is 320 g/mol. The monoisotopic (exact) mass is 320 g/mol. The van der Waals surface area contributed by atoms with E-state index >= 15 is 0 Å². The van der Waals surface area contributed by atoms with Crippen molar-refractivity contribution in [3.8, 4) is 5.75 Å². The highest BCUT2D eigenvalue weighted by Gasteiger charge is 2.33. The Bertz CT molecular complexity index is 530. The van der Waals surface area contributed by atoms with Crippen LogP contribution in [0.3, 0.4) is 0 Å². The third kappa shape index (κ3) is 4.57. The van der Waals surface area contributed by atoms with Crippen LogP contribution in [0, 0.1) is 0 Å². The summed E-state index contributed by atoms with van der Waals surface area (Å²) >= 11 is 0. The standard InChI is InChI=1S/C13H15F3N2O4/c14-13(15,16)8-22-9-2-1-4-17-10(9)11(19)18-6-12(20)3-5-21-7-12/h1-2,4,20H,3,5-8H2,(H,18,19)/t12-/m1/s1. The molecule has 1 aliphatic rings. The number of nitrogens with one attached hydrogen (secondary N) is 1. The summed E-state index contributed by atoms with van der Waals surface area (Å²) in [5, 5.41) is 12.5. The predicted molar refractivity (Wildman–Crippen MR) is 68.5 cm³/mol. The minimum Gasteiger partial charge on any atom is -0.482 e. The first-order chi connectivity index (χ1) is 10.3. The van der Waals surface area contributed by atoms with Gasteiger partial charge in [-0.05, 0) is 12.1 Å². The second kappa shape index (κ2) is 6.49. The number of alkyl halides is 3. The molecule has 0 aliphatic carbocycles. The molecule has 1 aliphatic heterocycles. The van der Waals surface area contributed by atoms with Gasteiger partial charge in [-0.2, -0.15) is 13.2 Å². The van der Waals surface area contributed by atoms with Gasteiger partial charge >= 0.3 is 6.18 Å². The van der Waals surface area contributed by atoms with Gasteiger partial charge in [-0.1, -0.05) is 0 Å². The Labute approximate surface area is 124 Å². The van der Waals surface area contributed by atoms with Gasteiger partial charge in [0.25, 0.3) is 5.91 Å². The SMILES string of the molecule is O=C(NC[C@]1(O)CCOC1)c1ncccc1OCC(F)(F)F. The van der Waals surface area contributed by atoms with Crippen molar-refractivity contribution < 1.29 is 32.5 Å². The van der Waals surface area contributed by atoms with E-state index < -0.39 is 24.3 Å². The van der Waals surface area contributed by atoms with E-state index in [4.69, 9.17) is 4.74 Å². The number of hydrogen-bond acceptors (Lipinski definition) is 5. The van der Waals surface area contributed by atoms with Gasteiger partial charge in [0, 0.05) is 25.8 Å². The van der Waals surface area contributed by atoms with Crippen LogP contribution in [-0.2, 0) is 4.74 Å². The van der Waals surface area contributed by atoms with Crippen molar-refractivity contribution in [3.05, 3.63) is 24.0 Å². The van der Waals surface area contributed by atoms with Gasteiger partial charge in [-0.25, -0.2) is 4.98 Å². The lowest BCUT2D eigenvalue weighted by Crippen LogP contribution is -2.43. The molecule has 0 spiro atoms. The molecule has 9 heteroatoms. The molecular weight excluding hydrogens is 305 g/mol. The first-order valence-electron chi connectivity index (χ1n) is 6.52. The van der Waals surface area contributed by atoms with Gasteiger partial charge in [0.2, 0.25) is 0 Å². The normalized spacial score (nSPS) is 21.6. The minimum absolute atomic E-state index is 0.0822. The molecule has 0 radical (unpaired) electrons. The molecule has 0 aromatic carbocycles. The van der Waals surface area contributed by atoms with E-state index in [1.54, 1.807) is 0 Å². The van der Waals surface area contributed by atoms with Crippen molar-refractivity contribution in [2.45, 2.75) is 18.2 Å². The highest BCUT2D eigenvalue weighted by molar-refractivity contribution is 5.94. The van der Waals surface area contributed by atoms with Gasteiger partial charge in [0.15, 0.2) is 18.1 Å². The highest BCUT2D eigenvalue weighted by atomic mass is 19.4. The molecule has 6 nitrogen and oxygen atoms in total. The van der Waals surface area contributed by atoms with Crippen LogP contribution in [0.1, 0.15) is 16.9 Å². The Morgan fingerprint density at radius 3 is 2.95 bits per heavy atom. The van der Waals surface area contributed by atoms with E-state index in [0.29, 0.717) is 13.0 Å². The number of hydrogen-bond donors (Lipinski definition) is 2. The first kappa shape index (κ1) is 16.5. The van der Waals surface area contributed by atoms with Gasteiger partial charge in [-0.3, -0.25) is 4.79 Å². The lowest BCUT2D eigenvalue weighted by atomic mass is 10.0. The second-order valence-electron chi connectivity index (χ2n) is 4.96. The third-order valence-electron chi connectivity index (χ3n) is 3.04. The number of halogens is 3. The summed E-state index contributed by atoms with van der Waals surface area (Å²) in [5.41, 5.74) is -1.44. The molecule has 2 rings (SSSR count). The summed E-state index contributed by atoms with van der Waals surface area (Å²) in [6, 6.07) is 2.59. The van der Waals surface area contributed by atoms with Gasteiger partial charge in [0.05, 0.1) is 6.61 Å². The number of aromatic nitrogens is 1. The second-order valence-corrected chi connectivity index (χ2v) is 4.96. The fourth-order valence-electron chi connectivity index (χ4n) is 1.90. The van der Waals surface area contributed by atoms with Crippen molar-refractivity contribution in [1.82, 2.24) is 10.3 Å². The highest BCUT2D eigenvalue weighted by Crippen LogP contribution is 2.21. The zero-order valence-corrected chi connectivity index (χ0v) is 11.5. The molecule has 122 valence electrons. The van der Waals surface area contributed by atoms with Crippen LogP contribution in [0.25, 0.3) is 0 Å². The molecule has 1 fully saturated rings. The van der Waals surface area contributed by atoms with Crippen LogP contribution < -0.4 is 10.1 Å². The Hall–Kier alpha value is -1.87. The number of rotatable bonds is 5. The van der Waals surface area contributed by atoms with Crippen LogP contribution in [0.5, 0.6) is 5.75 Å². The number of pyridine rings is 1. The van der Waals surface area contributed by atoms with E-state index in [1.165, 1.54) is 18.3 Å². The first-order valence-corrected chi connectivity index (χ1v) is 6.52. The van der Waals surface area contributed by atoms with Crippen molar-refractivity contribution in [3.63, 3.8) is 0 Å². The minimum atomic E-state index is -4.51. The Balaban J connectivity index is 1.99. The number of amides is 1. The number of carbonyl (C=O) groups is 1. The summed E-state index contributed by atoms with van der Waals surface area (Å²) in [6.07, 6.45) is -2.88. The van der Waals surface area contributed by atoms with Crippen molar-refractivity contribution in [2.24, 2.45) is 0 Å². The molecule has 0 bridgehead atoms. The van der Waals surface area contributed by atoms with Crippen LogP contribution in [0.2, 0.25) is 0 Å². The molecule has 22 heavy (non-hydrogen) atoms. The van der Waals surface area contributed by atoms with Gasteiger partial charge < -0.3 is 19.9 Å². The lowest BCUT2D eigenvalue weighted by Gasteiger charge is -2.20. The molecule has 1 saturated heterocycles. The summed E-state index contributed by atoms with van der Waals surface area (Å²) in [7, 11) is 0. The number of carbonyl (C=O) groups excluding carboxylic acids is 1. The number of aliphatic hydroxyl groups is 1. The topological polar surface area (TPSA) is 80.7 Å². The maximum atomic E-state index is 12.2. The third-order valence-corrected chi connectivity index (χ3v) is 3.04. The maximum Gasteiger partial charge on any atom is 0.422 e. The molecule has 2 heterocycles. The van der Waals surface area contributed by atoms with Gasteiger partial charge in [0.1, 0.15) is 5.60 Å². The van der Waals surface area contributed by atoms with E-state index in [2.05, 4.69) is 15.0 Å². The zero-order chi connectivity index (χ0) is 16.2. The number of nitrogens with zero attached hydrogens (tertiary/aromatic N) is 1. The molecule has 1 atom stereocenters. The Morgan fingerprint density at radius 1 is 1.55 bits per heavy atom. The molecule has 1 aromatic rings. The smallest absolute Gasteiger partial charge is 0.422 e. The van der Waals surface area contributed by atoms with Crippen LogP contribution in [-0.4, -0.2) is 54.1 Å². The van der Waals surface area contributed by atoms with E-state index in [-0.39, 0.29) is 24.6 Å². The lowest BCUT2D eigenvalue weighted by molar-refractivity contribution is -0.153. The molecule has 0 unspecified atom stereocenters. The number of ether oxygens (including phenoxy) is 2. The Morgan fingerprint density at radius 2 is 2.32 bits per heavy atom. The van der Waals surface area contributed by atoms with Gasteiger partial charge in [-0.15, -0.1) is 0 Å². The summed E-state index contributed by atoms with van der Waals surface area (Å²) < 4.78 is 46.2. The van der Waals surface area contributed by atoms with Crippen LogP contribution in [0.15, 0.2) is 18.3 Å². The zero-order valence-electron chi connectivity index (χ0n) is 11.5. The quantitative estimate of drug-likeness (QED) is 0.843. The molecular formula is C13H15F3N2O4. The summed E-state index contributed by atoms with van der Waals surface area (Å²) in [4.78, 5) is 15.7. The van der Waals surface area contributed by atoms with E-state index in [9.17, 15) is 23.1 Å². The fourth-order valence-corrected chi connectivity index (χ4v) is 1.90. The Kier molecular flexibility index (Phi) is 4.87. The summed E-state index contributed by atoms with van der Waals surface area (Å²) in [5.74, 6) is -0.995. The molecule has 1 aromatic heterocycles. The van der Waals surface area contributed by atoms with Crippen molar-refractivity contribution in [1.29, 1.82) is 0 Å². The van der Waals surface area contributed by atoms with Crippen LogP contribution >= 0.6 is 0 Å². The van der Waals surface area contributed by atoms with Crippen LogP contribution in [0.4, 0.5) is 13.2 Å². The maximum absolute atomic E-state index is 12.2. The predicted octanol–water partition coefficient (Wildman–Crippen LogP) is 0.904. The largest absolute Gasteiger partial charge is 0.482 e. The fraction of sp³-hybridized carbons (Fsp3) is 0.538. The average Bonchev–Trinajstić information content (AvgIpc) is 2.89. The summed E-state index contributed by atoms with van der Waals surface area (Å²) in [6.45, 7) is -1.12. The van der Waals surface area contributed by atoms with E-state index in [0.717, 1.165) is 0 Å². The molecule has 0 saturated carbocycles. The molecule has 1 amide bonds.